The van der Waals surface area contributed by atoms with E-state index in [0.717, 1.165) is 51.7 Å². The zero-order valence-electron chi connectivity index (χ0n) is 14.9. The molecule has 3 aromatic heterocycles. The number of hydrogen-bond acceptors (Lipinski definition) is 5. The number of anilines is 1. The number of nitrogen functional groups attached to an aromatic ring is 1. The largest absolute Gasteiger partial charge is 0.383 e. The van der Waals surface area contributed by atoms with Gasteiger partial charge in [0, 0.05) is 10.8 Å². The molecule has 0 bridgehead atoms. The Labute approximate surface area is 166 Å². The number of nitrogens with two attached hydrogens (primary N) is 1. The molecule has 0 saturated carbocycles. The van der Waals surface area contributed by atoms with E-state index in [1.807, 2.05) is 31.5 Å². The first-order chi connectivity index (χ1) is 12.7. The van der Waals surface area contributed by atoms with Gasteiger partial charge in [-0.25, -0.2) is 10.2 Å². The molecule has 1 atom stereocenters. The second kappa shape index (κ2) is 8.23. The van der Waals surface area contributed by atoms with E-state index in [2.05, 4.69) is 33.1 Å². The summed E-state index contributed by atoms with van der Waals surface area (Å²) >= 11 is 5.27. The Hall–Kier alpha value is -1.85. The van der Waals surface area contributed by atoms with E-state index in [4.69, 9.17) is 10.7 Å². The first-order valence-electron chi connectivity index (χ1n) is 8.95. The molecule has 1 unspecified atom stereocenters. The molecule has 0 amide bonds. The van der Waals surface area contributed by atoms with Crippen LogP contribution >= 0.6 is 27.3 Å². The second-order valence-electron chi connectivity index (χ2n) is 6.16. The fourth-order valence-electron chi connectivity index (χ4n) is 3.44. The van der Waals surface area contributed by atoms with Crippen molar-refractivity contribution in [2.45, 2.75) is 45.2 Å². The van der Waals surface area contributed by atoms with Crippen LogP contribution in [0.25, 0.3) is 16.1 Å². The van der Waals surface area contributed by atoms with E-state index in [9.17, 15) is 5.26 Å². The Balaban J connectivity index is 0.000000948. The predicted molar refractivity (Wildman–Crippen MR) is 113 cm³/mol. The summed E-state index contributed by atoms with van der Waals surface area (Å²) in [6.07, 6.45) is 5.75. The van der Waals surface area contributed by atoms with Crippen molar-refractivity contribution in [2.24, 2.45) is 0 Å². The molecule has 26 heavy (non-hydrogen) atoms. The Morgan fingerprint density at radius 3 is 2.96 bits per heavy atom. The van der Waals surface area contributed by atoms with Crippen molar-refractivity contribution in [3.63, 3.8) is 0 Å². The number of aromatic nitrogens is 3. The smallest absolute Gasteiger partial charge is 0.268 e. The minimum Gasteiger partial charge on any atom is -0.383 e. The highest BCUT2D eigenvalue weighted by Crippen LogP contribution is 2.39. The predicted octanol–water partition coefficient (Wildman–Crippen LogP) is 5.26. The number of fused-ring (bicyclic) bond motifs is 1. The van der Waals surface area contributed by atoms with Crippen molar-refractivity contribution in [3.05, 3.63) is 33.9 Å². The maximum Gasteiger partial charge on any atom is 0.268 e. The van der Waals surface area contributed by atoms with Crippen LogP contribution in [0.15, 0.2) is 28.2 Å². The molecule has 2 N–H and O–H groups in total. The third kappa shape index (κ3) is 3.38. The molecule has 134 valence electrons. The van der Waals surface area contributed by atoms with E-state index in [0.29, 0.717) is 5.82 Å². The van der Waals surface area contributed by atoms with Gasteiger partial charge in [-0.15, -0.1) is 11.3 Å². The van der Waals surface area contributed by atoms with Crippen LogP contribution < -0.4 is 5.73 Å². The van der Waals surface area contributed by atoms with Gasteiger partial charge in [0.2, 0.25) is 0 Å². The van der Waals surface area contributed by atoms with E-state index >= 15 is 0 Å². The number of nitrogens with zero attached hydrogens (tertiary/aromatic N) is 4. The summed E-state index contributed by atoms with van der Waals surface area (Å²) in [5.41, 5.74) is 9.05. The van der Waals surface area contributed by atoms with Crippen molar-refractivity contribution in [3.8, 4) is 16.4 Å². The number of halogens is 1. The van der Waals surface area contributed by atoms with E-state index in [1.54, 1.807) is 15.9 Å². The lowest BCUT2D eigenvalue weighted by molar-refractivity contribution is 0.612. The molecule has 5 nitrogen and oxygen atoms in total. The van der Waals surface area contributed by atoms with Crippen LogP contribution in [0.2, 0.25) is 12.6 Å². The van der Waals surface area contributed by atoms with Crippen molar-refractivity contribution in [1.29, 1.82) is 5.26 Å². The standard InChI is InChI=1S/C16H15BBrN5S.C2H6/c18-13-14(10-3-1-5-17(7-10)9-19)22-16-11(12-4-2-6-24-12)8-21-23(16)15(13)20;1-2/h2,4,6,8,10H,1,3,5,7,20H2;1-2H3. The molecule has 0 spiro atoms. The summed E-state index contributed by atoms with van der Waals surface area (Å²) in [7, 11) is 0. The molecule has 1 fully saturated rings. The van der Waals surface area contributed by atoms with Crippen LogP contribution in [0.5, 0.6) is 0 Å². The van der Waals surface area contributed by atoms with Crippen molar-refractivity contribution < 1.29 is 0 Å². The minimum atomic E-state index is 0.108. The molecule has 1 aliphatic heterocycles. The Morgan fingerprint density at radius 1 is 1.46 bits per heavy atom. The van der Waals surface area contributed by atoms with E-state index in [-0.39, 0.29) is 12.6 Å². The van der Waals surface area contributed by atoms with Crippen molar-refractivity contribution in [2.75, 3.05) is 5.73 Å². The average Bonchev–Trinajstić information content (AvgIpc) is 3.35. The molecule has 3 aromatic rings. The maximum atomic E-state index is 9.27. The van der Waals surface area contributed by atoms with Crippen LogP contribution in [-0.4, -0.2) is 21.3 Å². The lowest BCUT2D eigenvalue weighted by Crippen LogP contribution is -2.21. The van der Waals surface area contributed by atoms with Gasteiger partial charge < -0.3 is 5.73 Å². The topological polar surface area (TPSA) is 80.0 Å². The normalized spacial score (nSPS) is 16.8. The summed E-state index contributed by atoms with van der Waals surface area (Å²) in [5, 5.41) is 15.7. The summed E-state index contributed by atoms with van der Waals surface area (Å²) in [4.78, 5) is 6.04. The molecule has 0 aromatic carbocycles. The van der Waals surface area contributed by atoms with Gasteiger partial charge in [-0.1, -0.05) is 39.0 Å². The lowest BCUT2D eigenvalue weighted by Gasteiger charge is -2.24. The Bertz CT molecular complexity index is 931. The Kier molecular flexibility index (Phi) is 5.99. The molecule has 0 radical (unpaired) electrons. The third-order valence-corrected chi connectivity index (χ3v) is 6.39. The average molecular weight is 430 g/mol. The van der Waals surface area contributed by atoms with Gasteiger partial charge in [-0.3, -0.25) is 0 Å². The number of hydrogen-bond donors (Lipinski definition) is 1. The monoisotopic (exact) mass is 429 g/mol. The van der Waals surface area contributed by atoms with Crippen molar-refractivity contribution in [1.82, 2.24) is 14.6 Å². The first kappa shape index (κ1) is 18.9. The molecule has 0 aliphatic carbocycles. The van der Waals surface area contributed by atoms with Gasteiger partial charge in [0.1, 0.15) is 5.82 Å². The third-order valence-electron chi connectivity index (χ3n) is 4.68. The molecule has 4 heterocycles. The molecule has 1 saturated heterocycles. The quantitative estimate of drug-likeness (QED) is 0.563. The van der Waals surface area contributed by atoms with Gasteiger partial charge in [-0.05, 0) is 39.7 Å². The summed E-state index contributed by atoms with van der Waals surface area (Å²) in [6.45, 7) is 4.11. The van der Waals surface area contributed by atoms with Gasteiger partial charge in [0.25, 0.3) is 6.71 Å². The lowest BCUT2D eigenvalue weighted by atomic mass is 9.41. The summed E-state index contributed by atoms with van der Waals surface area (Å²) in [5.74, 6) is 3.24. The van der Waals surface area contributed by atoms with Gasteiger partial charge >= 0.3 is 0 Å². The van der Waals surface area contributed by atoms with Crippen LogP contribution in [-0.2, 0) is 0 Å². The van der Waals surface area contributed by atoms with E-state index in [1.165, 1.54) is 0 Å². The van der Waals surface area contributed by atoms with E-state index < -0.39 is 0 Å². The highest BCUT2D eigenvalue weighted by Gasteiger charge is 2.30. The molecular formula is C18H21BBrN5S. The van der Waals surface area contributed by atoms with Crippen LogP contribution in [0.1, 0.15) is 38.3 Å². The van der Waals surface area contributed by atoms with Crippen molar-refractivity contribution >= 4 is 45.4 Å². The van der Waals surface area contributed by atoms with Gasteiger partial charge in [-0.2, -0.15) is 9.61 Å². The van der Waals surface area contributed by atoms with Crippen LogP contribution in [0.3, 0.4) is 0 Å². The highest BCUT2D eigenvalue weighted by atomic mass is 79.9. The second-order valence-corrected chi connectivity index (χ2v) is 7.90. The first-order valence-corrected chi connectivity index (χ1v) is 10.6. The Morgan fingerprint density at radius 2 is 2.27 bits per heavy atom. The van der Waals surface area contributed by atoms with Gasteiger partial charge in [0.15, 0.2) is 5.65 Å². The molecule has 4 rings (SSSR count). The number of rotatable bonds is 2. The number of nitriles is 1. The fourth-order valence-corrected chi connectivity index (χ4v) is 4.76. The fraction of sp³-hybridized carbons (Fsp3) is 0.389. The van der Waals surface area contributed by atoms with Crippen LogP contribution in [0, 0.1) is 11.2 Å². The molecule has 1 aliphatic rings. The molecular weight excluding hydrogens is 409 g/mol. The SMILES string of the molecule is CC.N#CB1CCCC(c2nc3c(-c4cccs4)cnn3c(N)c2Br)C1. The highest BCUT2D eigenvalue weighted by molar-refractivity contribution is 9.10. The zero-order valence-corrected chi connectivity index (χ0v) is 17.3. The minimum absolute atomic E-state index is 0.108. The zero-order chi connectivity index (χ0) is 18.7. The summed E-state index contributed by atoms with van der Waals surface area (Å²) < 4.78 is 2.49. The van der Waals surface area contributed by atoms with Gasteiger partial charge in [0.05, 0.1) is 21.9 Å². The maximum absolute atomic E-state index is 9.27. The molecule has 8 heteroatoms. The van der Waals surface area contributed by atoms with Crippen LogP contribution in [0.4, 0.5) is 5.82 Å². The summed E-state index contributed by atoms with van der Waals surface area (Å²) in [6, 6.07) is 4.08. The number of thiophene rings is 1.